The average molecular weight is 338 g/mol. The van der Waals surface area contributed by atoms with Crippen molar-refractivity contribution in [1.29, 1.82) is 0 Å². The molecule has 0 unspecified atom stereocenters. The zero-order valence-corrected chi connectivity index (χ0v) is 13.6. The highest BCUT2D eigenvalue weighted by atomic mass is 79.9. The van der Waals surface area contributed by atoms with Crippen LogP contribution in [0.4, 0.5) is 10.3 Å². The third-order valence-corrected chi connectivity index (χ3v) is 3.71. The molecule has 0 aliphatic carbocycles. The Morgan fingerprint density at radius 1 is 1.10 bits per heavy atom. The highest BCUT2D eigenvalue weighted by molar-refractivity contribution is 9.10. The van der Waals surface area contributed by atoms with Gasteiger partial charge in [0.25, 0.3) is 0 Å². The van der Waals surface area contributed by atoms with E-state index in [4.69, 9.17) is 0 Å². The normalized spacial score (nSPS) is 10.9. The summed E-state index contributed by atoms with van der Waals surface area (Å²) < 4.78 is 13.9. The van der Waals surface area contributed by atoms with E-state index in [9.17, 15) is 4.39 Å². The van der Waals surface area contributed by atoms with Crippen molar-refractivity contribution in [2.24, 2.45) is 0 Å². The van der Waals surface area contributed by atoms with E-state index >= 15 is 0 Å². The first kappa shape index (κ1) is 14.9. The first-order chi connectivity index (χ1) is 9.40. The number of anilines is 1. The molecular weight excluding hydrogens is 321 g/mol. The van der Waals surface area contributed by atoms with Crippen molar-refractivity contribution >= 4 is 21.9 Å². The summed E-state index contributed by atoms with van der Waals surface area (Å²) >= 11 is 3.58. The standard InChI is InChI=1S/C15H17BrFN3/c1-9(2)13-12(16)14(19-15(18-13)20(3)4)10-5-7-11(17)8-6-10/h5-9H,1-4H3. The van der Waals surface area contributed by atoms with Gasteiger partial charge < -0.3 is 4.90 Å². The number of hydrogen-bond acceptors (Lipinski definition) is 3. The molecule has 1 aromatic carbocycles. The molecule has 0 amide bonds. The van der Waals surface area contributed by atoms with Crippen molar-refractivity contribution in [1.82, 2.24) is 9.97 Å². The molecule has 0 spiro atoms. The van der Waals surface area contributed by atoms with Crippen LogP contribution < -0.4 is 4.90 Å². The van der Waals surface area contributed by atoms with E-state index in [2.05, 4.69) is 39.7 Å². The van der Waals surface area contributed by atoms with Gasteiger partial charge in [0.2, 0.25) is 5.95 Å². The van der Waals surface area contributed by atoms with Crippen LogP contribution in [0.25, 0.3) is 11.3 Å². The van der Waals surface area contributed by atoms with Crippen LogP contribution in [0.2, 0.25) is 0 Å². The molecule has 0 bridgehead atoms. The summed E-state index contributed by atoms with van der Waals surface area (Å²) in [5.74, 6) is 0.664. The highest BCUT2D eigenvalue weighted by Crippen LogP contribution is 2.33. The maximum atomic E-state index is 13.1. The number of benzene rings is 1. The molecule has 1 heterocycles. The van der Waals surface area contributed by atoms with E-state index in [1.807, 2.05) is 19.0 Å². The minimum absolute atomic E-state index is 0.254. The van der Waals surface area contributed by atoms with Gasteiger partial charge in [0.1, 0.15) is 5.82 Å². The third-order valence-electron chi connectivity index (χ3n) is 2.93. The molecule has 0 aliphatic heterocycles. The first-order valence-corrected chi connectivity index (χ1v) is 7.20. The predicted octanol–water partition coefficient (Wildman–Crippen LogP) is 4.23. The summed E-state index contributed by atoms with van der Waals surface area (Å²) in [6.07, 6.45) is 0. The molecule has 3 nitrogen and oxygen atoms in total. The van der Waals surface area contributed by atoms with Crippen molar-refractivity contribution in [3.63, 3.8) is 0 Å². The van der Waals surface area contributed by atoms with Crippen LogP contribution in [-0.4, -0.2) is 24.1 Å². The summed E-state index contributed by atoms with van der Waals surface area (Å²) in [5, 5.41) is 0. The van der Waals surface area contributed by atoms with E-state index in [0.29, 0.717) is 5.95 Å². The van der Waals surface area contributed by atoms with Gasteiger partial charge in [0.05, 0.1) is 15.9 Å². The SMILES string of the molecule is CC(C)c1nc(N(C)C)nc(-c2ccc(F)cc2)c1Br. The van der Waals surface area contributed by atoms with Gasteiger partial charge in [-0.25, -0.2) is 14.4 Å². The van der Waals surface area contributed by atoms with Crippen LogP contribution in [-0.2, 0) is 0 Å². The second-order valence-corrected chi connectivity index (χ2v) is 5.92. The van der Waals surface area contributed by atoms with Crippen LogP contribution >= 0.6 is 15.9 Å². The second-order valence-electron chi connectivity index (χ2n) is 5.13. The van der Waals surface area contributed by atoms with E-state index in [0.717, 1.165) is 21.4 Å². The van der Waals surface area contributed by atoms with Crippen LogP contribution in [0.1, 0.15) is 25.5 Å². The van der Waals surface area contributed by atoms with Crippen LogP contribution in [0.5, 0.6) is 0 Å². The van der Waals surface area contributed by atoms with Gasteiger partial charge >= 0.3 is 0 Å². The van der Waals surface area contributed by atoms with Gasteiger partial charge in [-0.1, -0.05) is 13.8 Å². The maximum absolute atomic E-state index is 13.1. The zero-order valence-electron chi connectivity index (χ0n) is 12.0. The predicted molar refractivity (Wildman–Crippen MR) is 83.5 cm³/mol. The molecule has 2 rings (SSSR count). The minimum atomic E-state index is -0.254. The highest BCUT2D eigenvalue weighted by Gasteiger charge is 2.17. The Morgan fingerprint density at radius 2 is 1.70 bits per heavy atom. The van der Waals surface area contributed by atoms with Crippen LogP contribution in [0, 0.1) is 5.82 Å². The first-order valence-electron chi connectivity index (χ1n) is 6.41. The van der Waals surface area contributed by atoms with Crippen LogP contribution in [0.15, 0.2) is 28.7 Å². The molecule has 0 saturated carbocycles. The lowest BCUT2D eigenvalue weighted by atomic mass is 10.1. The molecule has 0 radical (unpaired) electrons. The smallest absolute Gasteiger partial charge is 0.225 e. The number of rotatable bonds is 3. The Bertz CT molecular complexity index is 609. The lowest BCUT2D eigenvalue weighted by Gasteiger charge is -2.17. The monoisotopic (exact) mass is 337 g/mol. The molecule has 0 saturated heterocycles. The Labute approximate surface area is 127 Å². The minimum Gasteiger partial charge on any atom is -0.347 e. The fourth-order valence-electron chi connectivity index (χ4n) is 1.83. The number of hydrogen-bond donors (Lipinski definition) is 0. The molecule has 5 heteroatoms. The van der Waals surface area contributed by atoms with Crippen molar-refractivity contribution in [3.05, 3.63) is 40.2 Å². The maximum Gasteiger partial charge on any atom is 0.225 e. The average Bonchev–Trinajstić information content (AvgIpc) is 2.39. The molecule has 20 heavy (non-hydrogen) atoms. The topological polar surface area (TPSA) is 29.0 Å². The number of aromatic nitrogens is 2. The van der Waals surface area contributed by atoms with Gasteiger partial charge in [-0.2, -0.15) is 0 Å². The lowest BCUT2D eigenvalue weighted by Crippen LogP contribution is -2.15. The molecule has 0 aliphatic rings. The third kappa shape index (κ3) is 2.98. The van der Waals surface area contributed by atoms with Crippen molar-refractivity contribution in [3.8, 4) is 11.3 Å². The summed E-state index contributed by atoms with van der Waals surface area (Å²) in [6.45, 7) is 4.17. The molecule has 0 atom stereocenters. The molecule has 106 valence electrons. The van der Waals surface area contributed by atoms with Gasteiger partial charge in [0.15, 0.2) is 0 Å². The van der Waals surface area contributed by atoms with E-state index < -0.39 is 0 Å². The van der Waals surface area contributed by atoms with E-state index in [1.165, 1.54) is 12.1 Å². The van der Waals surface area contributed by atoms with Crippen LogP contribution in [0.3, 0.4) is 0 Å². The van der Waals surface area contributed by atoms with E-state index in [1.54, 1.807) is 12.1 Å². The number of halogens is 2. The van der Waals surface area contributed by atoms with Gasteiger partial charge in [-0.15, -0.1) is 0 Å². The largest absolute Gasteiger partial charge is 0.347 e. The van der Waals surface area contributed by atoms with Crippen molar-refractivity contribution in [2.45, 2.75) is 19.8 Å². The van der Waals surface area contributed by atoms with Gasteiger partial charge in [-0.05, 0) is 46.1 Å². The fraction of sp³-hybridized carbons (Fsp3) is 0.333. The lowest BCUT2D eigenvalue weighted by molar-refractivity contribution is 0.628. The molecule has 1 aromatic heterocycles. The van der Waals surface area contributed by atoms with Gasteiger partial charge in [0, 0.05) is 19.7 Å². The zero-order chi connectivity index (χ0) is 14.9. The Kier molecular flexibility index (Phi) is 4.38. The molecular formula is C15H17BrFN3. The van der Waals surface area contributed by atoms with Crippen molar-refractivity contribution < 1.29 is 4.39 Å². The fourth-order valence-corrected chi connectivity index (χ4v) is 2.70. The summed E-state index contributed by atoms with van der Waals surface area (Å²) in [7, 11) is 3.81. The Morgan fingerprint density at radius 3 is 2.20 bits per heavy atom. The Hall–Kier alpha value is -1.49. The quantitative estimate of drug-likeness (QED) is 0.838. The van der Waals surface area contributed by atoms with Gasteiger partial charge in [-0.3, -0.25) is 0 Å². The van der Waals surface area contributed by atoms with Crippen molar-refractivity contribution in [2.75, 3.05) is 19.0 Å². The molecule has 2 aromatic rings. The second kappa shape index (κ2) is 5.87. The molecule has 0 fully saturated rings. The number of nitrogens with zero attached hydrogens (tertiary/aromatic N) is 3. The summed E-state index contributed by atoms with van der Waals surface area (Å²) in [6, 6.07) is 6.33. The summed E-state index contributed by atoms with van der Waals surface area (Å²) in [4.78, 5) is 11.0. The molecule has 0 N–H and O–H groups in total. The summed E-state index contributed by atoms with van der Waals surface area (Å²) in [5.41, 5.74) is 2.60. The van der Waals surface area contributed by atoms with E-state index in [-0.39, 0.29) is 11.7 Å². The Balaban J connectivity index is 2.64.